The maximum absolute atomic E-state index is 12.2. The monoisotopic (exact) mass is 413 g/mol. The molecule has 2 saturated heterocycles. The first kappa shape index (κ1) is 21.9. The number of rotatable bonds is 5. The van der Waals surface area contributed by atoms with Crippen LogP contribution >= 0.6 is 0 Å². The lowest BCUT2D eigenvalue weighted by atomic mass is 10.1. The average Bonchev–Trinajstić information content (AvgIpc) is 3.06. The van der Waals surface area contributed by atoms with Gasteiger partial charge in [0.25, 0.3) is 5.91 Å². The molecule has 162 valence electrons. The number of ether oxygens (including phenoxy) is 1. The van der Waals surface area contributed by atoms with Crippen molar-refractivity contribution in [2.24, 2.45) is 0 Å². The Morgan fingerprint density at radius 1 is 0.867 bits per heavy atom. The van der Waals surface area contributed by atoms with Crippen LogP contribution in [0.15, 0.2) is 30.3 Å². The van der Waals surface area contributed by atoms with E-state index in [-0.39, 0.29) is 18.4 Å². The third kappa shape index (κ3) is 6.34. The number of hydrogen-bond donors (Lipinski definition) is 0. The molecule has 0 atom stereocenters. The van der Waals surface area contributed by atoms with E-state index in [4.69, 9.17) is 4.74 Å². The number of carbonyl (C=O) groups excluding carboxylic acids is 3. The zero-order valence-corrected chi connectivity index (χ0v) is 17.7. The van der Waals surface area contributed by atoms with Gasteiger partial charge in [-0.15, -0.1) is 0 Å². The molecule has 0 bridgehead atoms. The first-order valence-corrected chi connectivity index (χ1v) is 10.8. The molecule has 7 heteroatoms. The predicted molar refractivity (Wildman–Crippen MR) is 116 cm³/mol. The third-order valence-corrected chi connectivity index (χ3v) is 5.69. The van der Waals surface area contributed by atoms with Gasteiger partial charge in [-0.25, -0.2) is 4.79 Å². The summed E-state index contributed by atoms with van der Waals surface area (Å²) in [5.41, 5.74) is 2.13. The number of carbonyl (C=O) groups is 3. The Morgan fingerprint density at radius 2 is 1.47 bits per heavy atom. The summed E-state index contributed by atoms with van der Waals surface area (Å²) in [6.07, 6.45) is 8.12. The van der Waals surface area contributed by atoms with Crippen LogP contribution in [0, 0.1) is 0 Å². The number of benzene rings is 1. The topological polar surface area (TPSA) is 70.2 Å². The summed E-state index contributed by atoms with van der Waals surface area (Å²) >= 11 is 0. The Labute approximate surface area is 178 Å². The molecule has 3 rings (SSSR count). The van der Waals surface area contributed by atoms with Crippen LogP contribution in [0.2, 0.25) is 0 Å². The number of esters is 1. The SMILES string of the molecule is CC(=O)N1CCN(C(=O)COC(=O)/C=C/c2ccc(N3CCCCCC3)cc2)CC1. The summed E-state index contributed by atoms with van der Waals surface area (Å²) in [6.45, 7) is 5.40. The number of nitrogens with zero attached hydrogens (tertiary/aromatic N) is 3. The molecule has 2 fully saturated rings. The smallest absolute Gasteiger partial charge is 0.331 e. The van der Waals surface area contributed by atoms with Crippen molar-refractivity contribution in [2.75, 3.05) is 50.8 Å². The van der Waals surface area contributed by atoms with Crippen molar-refractivity contribution in [1.82, 2.24) is 9.80 Å². The highest BCUT2D eigenvalue weighted by atomic mass is 16.5. The number of amides is 2. The standard InChI is InChI=1S/C23H31N3O4/c1-19(27)24-14-16-26(17-15-24)22(28)18-30-23(29)11-8-20-6-9-21(10-7-20)25-12-4-2-3-5-13-25/h6-11H,2-5,12-18H2,1H3/b11-8+. The molecule has 0 aliphatic carbocycles. The summed E-state index contributed by atoms with van der Waals surface area (Å²) in [4.78, 5) is 41.2. The predicted octanol–water partition coefficient (Wildman–Crippen LogP) is 2.31. The van der Waals surface area contributed by atoms with Crippen molar-refractivity contribution in [3.63, 3.8) is 0 Å². The van der Waals surface area contributed by atoms with E-state index >= 15 is 0 Å². The molecule has 2 aliphatic rings. The largest absolute Gasteiger partial charge is 0.452 e. The summed E-state index contributed by atoms with van der Waals surface area (Å²) in [5.74, 6) is -0.762. The maximum atomic E-state index is 12.2. The quantitative estimate of drug-likeness (QED) is 0.547. The van der Waals surface area contributed by atoms with Gasteiger partial charge in [0.1, 0.15) is 0 Å². The van der Waals surface area contributed by atoms with Gasteiger partial charge in [0.05, 0.1) is 0 Å². The Bertz CT molecular complexity index is 759. The second kappa shape index (κ2) is 10.8. The van der Waals surface area contributed by atoms with E-state index in [2.05, 4.69) is 17.0 Å². The molecule has 2 heterocycles. The molecule has 2 aliphatic heterocycles. The Hall–Kier alpha value is -2.83. The lowest BCUT2D eigenvalue weighted by Crippen LogP contribution is -2.51. The van der Waals surface area contributed by atoms with Gasteiger partial charge < -0.3 is 19.4 Å². The summed E-state index contributed by atoms with van der Waals surface area (Å²) in [6, 6.07) is 8.15. The molecule has 1 aromatic carbocycles. The van der Waals surface area contributed by atoms with Crippen LogP contribution in [0.25, 0.3) is 6.08 Å². The van der Waals surface area contributed by atoms with Crippen molar-refractivity contribution >= 4 is 29.5 Å². The van der Waals surface area contributed by atoms with Crippen molar-refractivity contribution in [3.05, 3.63) is 35.9 Å². The van der Waals surface area contributed by atoms with Crippen molar-refractivity contribution < 1.29 is 19.1 Å². The molecule has 2 amide bonds. The number of hydrogen-bond acceptors (Lipinski definition) is 5. The first-order chi connectivity index (χ1) is 14.5. The summed E-state index contributed by atoms with van der Waals surface area (Å²) in [5, 5.41) is 0. The highest BCUT2D eigenvalue weighted by Crippen LogP contribution is 2.20. The van der Waals surface area contributed by atoms with Crippen molar-refractivity contribution in [1.29, 1.82) is 0 Å². The Kier molecular flexibility index (Phi) is 7.88. The molecule has 0 saturated carbocycles. The van der Waals surface area contributed by atoms with Gasteiger partial charge in [0.2, 0.25) is 5.91 Å². The lowest BCUT2D eigenvalue weighted by Gasteiger charge is -2.34. The molecule has 0 unspecified atom stereocenters. The zero-order chi connectivity index (χ0) is 21.3. The van der Waals surface area contributed by atoms with Crippen LogP contribution in [-0.2, 0) is 19.1 Å². The van der Waals surface area contributed by atoms with Gasteiger partial charge in [-0.3, -0.25) is 9.59 Å². The molecule has 0 spiro atoms. The van der Waals surface area contributed by atoms with E-state index in [1.807, 2.05) is 12.1 Å². The van der Waals surface area contributed by atoms with Gasteiger partial charge in [0.15, 0.2) is 6.61 Å². The third-order valence-electron chi connectivity index (χ3n) is 5.69. The van der Waals surface area contributed by atoms with Gasteiger partial charge in [-0.05, 0) is 36.6 Å². The van der Waals surface area contributed by atoms with Crippen molar-refractivity contribution in [2.45, 2.75) is 32.6 Å². The van der Waals surface area contributed by atoms with E-state index in [1.54, 1.807) is 15.9 Å². The molecular weight excluding hydrogens is 382 g/mol. The summed E-state index contributed by atoms with van der Waals surface area (Å²) < 4.78 is 5.08. The fraction of sp³-hybridized carbons (Fsp3) is 0.522. The normalized spacial score (nSPS) is 17.7. The minimum Gasteiger partial charge on any atom is -0.452 e. The fourth-order valence-corrected chi connectivity index (χ4v) is 3.83. The molecule has 7 nitrogen and oxygen atoms in total. The van der Waals surface area contributed by atoms with E-state index in [1.165, 1.54) is 44.4 Å². The molecule has 0 aromatic heterocycles. The molecule has 0 N–H and O–H groups in total. The molecule has 30 heavy (non-hydrogen) atoms. The van der Waals surface area contributed by atoms with Crippen LogP contribution < -0.4 is 4.90 Å². The highest BCUT2D eigenvalue weighted by molar-refractivity contribution is 5.89. The van der Waals surface area contributed by atoms with Crippen LogP contribution in [0.4, 0.5) is 5.69 Å². The van der Waals surface area contributed by atoms with E-state index in [0.717, 1.165) is 18.7 Å². The van der Waals surface area contributed by atoms with Gasteiger partial charge in [0, 0.05) is 58.0 Å². The minimum atomic E-state index is -0.540. The zero-order valence-electron chi connectivity index (χ0n) is 17.7. The van der Waals surface area contributed by atoms with E-state index in [0.29, 0.717) is 26.2 Å². The molecule has 1 aromatic rings. The number of piperazine rings is 1. The van der Waals surface area contributed by atoms with Gasteiger partial charge in [-0.1, -0.05) is 25.0 Å². The maximum Gasteiger partial charge on any atom is 0.331 e. The van der Waals surface area contributed by atoms with Crippen LogP contribution in [0.5, 0.6) is 0 Å². The minimum absolute atomic E-state index is 0.0122. The Balaban J connectivity index is 1.42. The van der Waals surface area contributed by atoms with E-state index < -0.39 is 5.97 Å². The Morgan fingerprint density at radius 3 is 2.07 bits per heavy atom. The highest BCUT2D eigenvalue weighted by Gasteiger charge is 2.22. The van der Waals surface area contributed by atoms with Gasteiger partial charge in [-0.2, -0.15) is 0 Å². The van der Waals surface area contributed by atoms with E-state index in [9.17, 15) is 14.4 Å². The van der Waals surface area contributed by atoms with Crippen LogP contribution in [-0.4, -0.2) is 73.5 Å². The van der Waals surface area contributed by atoms with Gasteiger partial charge >= 0.3 is 5.97 Å². The number of anilines is 1. The second-order valence-electron chi connectivity index (χ2n) is 7.82. The summed E-state index contributed by atoms with van der Waals surface area (Å²) in [7, 11) is 0. The lowest BCUT2D eigenvalue weighted by molar-refractivity contribution is -0.149. The molecular formula is C23H31N3O4. The fourth-order valence-electron chi connectivity index (χ4n) is 3.83. The first-order valence-electron chi connectivity index (χ1n) is 10.8. The molecule has 0 radical (unpaired) electrons. The van der Waals surface area contributed by atoms with Crippen molar-refractivity contribution in [3.8, 4) is 0 Å². The average molecular weight is 414 g/mol. The van der Waals surface area contributed by atoms with Crippen LogP contribution in [0.1, 0.15) is 38.2 Å². The second-order valence-corrected chi connectivity index (χ2v) is 7.82. The van der Waals surface area contributed by atoms with Crippen LogP contribution in [0.3, 0.4) is 0 Å².